The number of pyridine rings is 1. The molecular formula is C14H11BrClNO. The maximum atomic E-state index is 10.5. The predicted octanol–water partition coefficient (Wildman–Crippen LogP) is 3.68. The molecule has 1 N–H and O–H groups in total. The van der Waals surface area contributed by atoms with Gasteiger partial charge in [0.25, 0.3) is 0 Å². The van der Waals surface area contributed by atoms with Crippen molar-refractivity contribution in [2.24, 2.45) is 0 Å². The van der Waals surface area contributed by atoms with Crippen molar-refractivity contribution in [1.29, 1.82) is 0 Å². The molecule has 1 aromatic carbocycles. The zero-order valence-electron chi connectivity index (χ0n) is 9.53. The van der Waals surface area contributed by atoms with E-state index in [4.69, 9.17) is 11.6 Å². The highest BCUT2D eigenvalue weighted by Gasteiger charge is 2.25. The lowest BCUT2D eigenvalue weighted by atomic mass is 10.0. The van der Waals surface area contributed by atoms with Gasteiger partial charge in [0.05, 0.1) is 5.69 Å². The second-order valence-corrected chi connectivity index (χ2v) is 5.70. The average Bonchev–Trinajstić information content (AvgIpc) is 2.48. The van der Waals surface area contributed by atoms with Crippen LogP contribution in [0.3, 0.4) is 0 Å². The number of aliphatic hydroxyl groups excluding tert-OH is 1. The smallest absolute Gasteiger partial charge is 0.123 e. The first-order valence-electron chi connectivity index (χ1n) is 5.76. The van der Waals surface area contributed by atoms with E-state index in [9.17, 15) is 5.11 Å². The summed E-state index contributed by atoms with van der Waals surface area (Å²) >= 11 is 9.55. The molecule has 1 heterocycles. The van der Waals surface area contributed by atoms with E-state index in [0.29, 0.717) is 5.02 Å². The van der Waals surface area contributed by atoms with Crippen molar-refractivity contribution in [1.82, 2.24) is 4.98 Å². The van der Waals surface area contributed by atoms with E-state index in [2.05, 4.69) is 20.9 Å². The van der Waals surface area contributed by atoms with Crippen LogP contribution in [0.1, 0.15) is 28.5 Å². The third-order valence-corrected chi connectivity index (χ3v) is 4.18. The third-order valence-electron chi connectivity index (χ3n) is 3.30. The van der Waals surface area contributed by atoms with Crippen molar-refractivity contribution in [3.05, 3.63) is 62.3 Å². The minimum Gasteiger partial charge on any atom is -0.382 e. The van der Waals surface area contributed by atoms with Gasteiger partial charge in [0, 0.05) is 21.3 Å². The van der Waals surface area contributed by atoms with E-state index >= 15 is 0 Å². The van der Waals surface area contributed by atoms with Crippen LogP contribution in [0.2, 0.25) is 5.02 Å². The highest BCUT2D eigenvalue weighted by atomic mass is 79.9. The predicted molar refractivity (Wildman–Crippen MR) is 74.9 cm³/mol. The minimum atomic E-state index is -0.689. The Balaban J connectivity index is 2.22. The summed E-state index contributed by atoms with van der Waals surface area (Å²) in [7, 11) is 0. The maximum Gasteiger partial charge on any atom is 0.123 e. The molecule has 1 aliphatic carbocycles. The summed E-state index contributed by atoms with van der Waals surface area (Å²) in [6, 6.07) is 7.67. The molecule has 0 fully saturated rings. The monoisotopic (exact) mass is 323 g/mol. The highest BCUT2D eigenvalue weighted by molar-refractivity contribution is 9.10. The molecule has 2 aromatic rings. The van der Waals surface area contributed by atoms with Gasteiger partial charge >= 0.3 is 0 Å². The van der Waals surface area contributed by atoms with Gasteiger partial charge in [-0.1, -0.05) is 33.6 Å². The molecule has 3 rings (SSSR count). The topological polar surface area (TPSA) is 33.1 Å². The Morgan fingerprint density at radius 1 is 1.28 bits per heavy atom. The number of halogens is 2. The van der Waals surface area contributed by atoms with E-state index < -0.39 is 6.10 Å². The van der Waals surface area contributed by atoms with Gasteiger partial charge in [-0.15, -0.1) is 0 Å². The van der Waals surface area contributed by atoms with Gasteiger partial charge in [-0.05, 0) is 42.2 Å². The largest absolute Gasteiger partial charge is 0.382 e. The molecule has 0 amide bonds. The second-order valence-electron chi connectivity index (χ2n) is 4.41. The summed E-state index contributed by atoms with van der Waals surface area (Å²) in [6.45, 7) is 0. The third kappa shape index (κ3) is 1.96. The lowest BCUT2D eigenvalue weighted by Gasteiger charge is -2.15. The maximum absolute atomic E-state index is 10.5. The van der Waals surface area contributed by atoms with Gasteiger partial charge in [0.2, 0.25) is 0 Å². The molecule has 2 nitrogen and oxygen atoms in total. The quantitative estimate of drug-likeness (QED) is 0.802. The van der Waals surface area contributed by atoms with E-state index in [1.54, 1.807) is 6.20 Å². The van der Waals surface area contributed by atoms with Crippen molar-refractivity contribution in [2.75, 3.05) is 0 Å². The molecular weight excluding hydrogens is 314 g/mol. The molecule has 1 unspecified atom stereocenters. The summed E-state index contributed by atoms with van der Waals surface area (Å²) in [4.78, 5) is 4.32. The highest BCUT2D eigenvalue weighted by Crippen LogP contribution is 2.37. The molecule has 1 atom stereocenters. The van der Waals surface area contributed by atoms with Crippen molar-refractivity contribution in [3.8, 4) is 0 Å². The standard InChI is InChI=1S/C14H11BrClNO/c15-11-7-10(16)6-9-4-3-8-2-1-5-17-13(8)14(18)12(9)11/h1-2,5-7,14,18H,3-4H2. The summed E-state index contributed by atoms with van der Waals surface area (Å²) in [6.07, 6.45) is 2.77. The fraction of sp³-hybridized carbons (Fsp3) is 0.214. The molecule has 0 aliphatic heterocycles. The molecule has 0 bridgehead atoms. The van der Waals surface area contributed by atoms with E-state index in [0.717, 1.165) is 39.7 Å². The fourth-order valence-corrected chi connectivity index (χ4v) is 3.56. The molecule has 0 spiro atoms. The first-order chi connectivity index (χ1) is 8.66. The summed E-state index contributed by atoms with van der Waals surface area (Å²) in [5.41, 5.74) is 3.82. The summed E-state index contributed by atoms with van der Waals surface area (Å²) < 4.78 is 0.844. The Kier molecular flexibility index (Phi) is 3.14. The van der Waals surface area contributed by atoms with E-state index in [1.807, 2.05) is 24.3 Å². The van der Waals surface area contributed by atoms with Gasteiger partial charge < -0.3 is 5.11 Å². The Morgan fingerprint density at radius 2 is 2.06 bits per heavy atom. The zero-order chi connectivity index (χ0) is 12.7. The van der Waals surface area contributed by atoms with Gasteiger partial charge in [-0.2, -0.15) is 0 Å². The van der Waals surface area contributed by atoms with Crippen molar-refractivity contribution < 1.29 is 5.11 Å². The molecule has 0 saturated carbocycles. The Hall–Kier alpha value is -0.900. The summed E-state index contributed by atoms with van der Waals surface area (Å²) in [5, 5.41) is 11.2. The van der Waals surface area contributed by atoms with E-state index in [-0.39, 0.29) is 0 Å². The van der Waals surface area contributed by atoms with Crippen molar-refractivity contribution in [2.45, 2.75) is 18.9 Å². The molecule has 18 heavy (non-hydrogen) atoms. The van der Waals surface area contributed by atoms with Crippen LogP contribution in [0.5, 0.6) is 0 Å². The number of benzene rings is 1. The van der Waals surface area contributed by atoms with Crippen LogP contribution in [0.4, 0.5) is 0 Å². The lowest BCUT2D eigenvalue weighted by molar-refractivity contribution is 0.214. The van der Waals surface area contributed by atoms with Crippen molar-refractivity contribution >= 4 is 27.5 Å². The van der Waals surface area contributed by atoms with Gasteiger partial charge in [-0.3, -0.25) is 4.98 Å². The number of hydrogen-bond acceptors (Lipinski definition) is 2. The number of aliphatic hydroxyl groups is 1. The first kappa shape index (κ1) is 12.2. The number of fused-ring (bicyclic) bond motifs is 2. The lowest BCUT2D eigenvalue weighted by Crippen LogP contribution is -2.05. The Labute approximate surface area is 119 Å². The van der Waals surface area contributed by atoms with Gasteiger partial charge in [0.1, 0.15) is 6.10 Å². The van der Waals surface area contributed by atoms with Gasteiger partial charge in [0.15, 0.2) is 0 Å². The molecule has 4 heteroatoms. The molecule has 92 valence electrons. The van der Waals surface area contributed by atoms with Crippen LogP contribution >= 0.6 is 27.5 Å². The first-order valence-corrected chi connectivity index (χ1v) is 6.93. The van der Waals surface area contributed by atoms with Crippen LogP contribution in [0, 0.1) is 0 Å². The summed E-state index contributed by atoms with van der Waals surface area (Å²) in [5.74, 6) is 0. The number of nitrogens with zero attached hydrogens (tertiary/aromatic N) is 1. The second kappa shape index (κ2) is 4.65. The Bertz CT molecular complexity index is 615. The van der Waals surface area contributed by atoms with Crippen LogP contribution in [0.25, 0.3) is 0 Å². The number of aryl methyl sites for hydroxylation is 2. The molecule has 0 saturated heterocycles. The molecule has 0 radical (unpaired) electrons. The van der Waals surface area contributed by atoms with Gasteiger partial charge in [-0.25, -0.2) is 0 Å². The van der Waals surface area contributed by atoms with Crippen LogP contribution in [-0.4, -0.2) is 10.1 Å². The number of hydrogen-bond donors (Lipinski definition) is 1. The zero-order valence-corrected chi connectivity index (χ0v) is 11.9. The van der Waals surface area contributed by atoms with Crippen LogP contribution in [-0.2, 0) is 12.8 Å². The van der Waals surface area contributed by atoms with E-state index in [1.165, 1.54) is 0 Å². The van der Waals surface area contributed by atoms with Crippen LogP contribution in [0.15, 0.2) is 34.9 Å². The molecule has 1 aromatic heterocycles. The average molecular weight is 325 g/mol. The Morgan fingerprint density at radius 3 is 2.89 bits per heavy atom. The van der Waals surface area contributed by atoms with Crippen LogP contribution < -0.4 is 0 Å². The SMILES string of the molecule is OC1c2ncccc2CCc2cc(Cl)cc(Br)c21. The van der Waals surface area contributed by atoms with Crippen molar-refractivity contribution in [3.63, 3.8) is 0 Å². The minimum absolute atomic E-state index is 0.687. The fourth-order valence-electron chi connectivity index (χ4n) is 2.47. The molecule has 1 aliphatic rings. The normalized spacial score (nSPS) is 17.8. The number of rotatable bonds is 0. The number of aromatic nitrogens is 1.